The van der Waals surface area contributed by atoms with E-state index in [2.05, 4.69) is 17.9 Å². The number of carbonyl (C=O) groups excluding carboxylic acids is 6. The van der Waals surface area contributed by atoms with Crippen LogP contribution >= 0.6 is 12.6 Å². The summed E-state index contributed by atoms with van der Waals surface area (Å²) >= 11 is 4.04. The molecule has 0 aliphatic heterocycles. The second-order valence-corrected chi connectivity index (χ2v) is 13.2. The van der Waals surface area contributed by atoms with Gasteiger partial charge in [-0.3, -0.25) is 28.8 Å². The third-order valence-electron chi connectivity index (χ3n) is 8.16. The Kier molecular flexibility index (Phi) is 29.8. The van der Waals surface area contributed by atoms with Crippen molar-refractivity contribution in [2.75, 3.05) is 71.2 Å². The zero-order valence-electron chi connectivity index (χ0n) is 30.3. The third kappa shape index (κ3) is 26.0. The van der Waals surface area contributed by atoms with Gasteiger partial charge in [0.25, 0.3) is 0 Å². The van der Waals surface area contributed by atoms with Gasteiger partial charge < -0.3 is 37.2 Å². The van der Waals surface area contributed by atoms with Crippen LogP contribution in [0.1, 0.15) is 116 Å². The van der Waals surface area contributed by atoms with Crippen molar-refractivity contribution >= 4 is 47.8 Å². The van der Waals surface area contributed by atoms with E-state index in [-0.39, 0.29) is 54.8 Å². The number of nitrogens with one attached hydrogen (secondary N) is 1. The molecular weight excluding hydrogens is 646 g/mol. The van der Waals surface area contributed by atoms with E-state index in [1.807, 2.05) is 0 Å². The smallest absolute Gasteiger partial charge is 0.242 e. The molecule has 49 heavy (non-hydrogen) atoms. The lowest BCUT2D eigenvalue weighted by Gasteiger charge is -2.30. The second kappa shape index (κ2) is 31.4. The number of Topliss-reactive ketones (excluding diaryl/α,β-unsaturated/α-hetero) is 2. The van der Waals surface area contributed by atoms with Crippen molar-refractivity contribution in [3.63, 3.8) is 0 Å². The van der Waals surface area contributed by atoms with Crippen LogP contribution in [0.3, 0.4) is 0 Å². The van der Waals surface area contributed by atoms with Gasteiger partial charge in [-0.25, -0.2) is 0 Å². The highest BCUT2D eigenvalue weighted by molar-refractivity contribution is 7.80. The summed E-state index contributed by atoms with van der Waals surface area (Å²) in [6.07, 6.45) is 11.6. The molecule has 0 bridgehead atoms. The first-order valence-corrected chi connectivity index (χ1v) is 19.0. The Morgan fingerprint density at radius 1 is 0.510 bits per heavy atom. The summed E-state index contributed by atoms with van der Waals surface area (Å²) in [6.45, 7) is 4.29. The van der Waals surface area contributed by atoms with Crippen molar-refractivity contribution in [2.45, 2.75) is 116 Å². The fourth-order valence-corrected chi connectivity index (χ4v) is 5.49. The minimum absolute atomic E-state index is 0.00855. The molecule has 4 amide bonds. The van der Waals surface area contributed by atoms with E-state index in [1.165, 1.54) is 16.7 Å². The Morgan fingerprint density at radius 2 is 0.939 bits per heavy atom. The fourth-order valence-electron chi connectivity index (χ4n) is 5.29. The maximum absolute atomic E-state index is 13.6. The van der Waals surface area contributed by atoms with Gasteiger partial charge in [0.15, 0.2) is 0 Å². The number of carbonyl (C=O) groups is 6. The summed E-state index contributed by atoms with van der Waals surface area (Å²) in [5.41, 5.74) is 17.0. The molecule has 14 heteroatoms. The van der Waals surface area contributed by atoms with E-state index < -0.39 is 0 Å². The summed E-state index contributed by atoms with van der Waals surface area (Å²) in [5, 5.41) is 2.84. The lowest BCUT2D eigenvalue weighted by Crippen LogP contribution is -2.48. The zero-order chi connectivity index (χ0) is 36.7. The van der Waals surface area contributed by atoms with Crippen molar-refractivity contribution in [1.29, 1.82) is 0 Å². The van der Waals surface area contributed by atoms with Crippen molar-refractivity contribution in [1.82, 2.24) is 20.0 Å². The fraction of sp³-hybridized carbons (Fsp3) is 0.829. The summed E-state index contributed by atoms with van der Waals surface area (Å²) in [5.74, 6) is -0.0846. The number of hydrogen-bond donors (Lipinski definition) is 5. The number of rotatable bonds is 33. The first kappa shape index (κ1) is 46.5. The maximum atomic E-state index is 13.6. The van der Waals surface area contributed by atoms with E-state index in [4.69, 9.17) is 17.2 Å². The molecule has 0 aliphatic carbocycles. The molecule has 0 aliphatic rings. The van der Waals surface area contributed by atoms with Gasteiger partial charge >= 0.3 is 0 Å². The highest BCUT2D eigenvalue weighted by Gasteiger charge is 2.25. The van der Waals surface area contributed by atoms with E-state index >= 15 is 0 Å². The Bertz CT molecular complexity index is 955. The Morgan fingerprint density at radius 3 is 1.39 bits per heavy atom. The lowest BCUT2D eigenvalue weighted by atomic mass is 10.0. The van der Waals surface area contributed by atoms with Gasteiger partial charge in [-0.05, 0) is 96.5 Å². The summed E-state index contributed by atoms with van der Waals surface area (Å²) < 4.78 is 0. The standard InChI is InChI=1S/C35H67N7O6S/c1-30(43)27-40(23-12-8-19-36)34(47)29-42(25-14-10-21-38)35(48)28-41(24-13-9-20-37)33(46)17-7-3-2-5-15-31(44)16-6-4-11-22-39-32(45)18-26-49/h49H,2-29,36-38H2,1H3,(H,39,45). The SMILES string of the molecule is CC(=O)CN(CCCCN)C(=O)CN(CCCCN)C(=O)CN(CCCCN)C(=O)CCCCCCC(=O)CCCCCNC(=O)CCS. The van der Waals surface area contributed by atoms with Crippen molar-refractivity contribution in [3.05, 3.63) is 0 Å². The number of thiol groups is 1. The molecule has 0 spiro atoms. The molecule has 0 rings (SSSR count). The van der Waals surface area contributed by atoms with E-state index in [9.17, 15) is 28.8 Å². The normalized spacial score (nSPS) is 10.9. The topological polar surface area (TPSA) is 202 Å². The van der Waals surface area contributed by atoms with Crippen LogP contribution in [0.15, 0.2) is 0 Å². The summed E-state index contributed by atoms with van der Waals surface area (Å²) in [4.78, 5) is 80.1. The highest BCUT2D eigenvalue weighted by atomic mass is 32.1. The second-order valence-electron chi connectivity index (χ2n) is 12.7. The van der Waals surface area contributed by atoms with E-state index in [1.54, 1.807) is 4.90 Å². The molecule has 7 N–H and O–H groups in total. The Balaban J connectivity index is 4.91. The molecule has 0 aromatic carbocycles. The molecule has 0 unspecified atom stereocenters. The monoisotopic (exact) mass is 713 g/mol. The third-order valence-corrected chi connectivity index (χ3v) is 8.38. The summed E-state index contributed by atoms with van der Waals surface area (Å²) in [7, 11) is 0. The van der Waals surface area contributed by atoms with Crippen LogP contribution in [0.5, 0.6) is 0 Å². The largest absolute Gasteiger partial charge is 0.356 e. The van der Waals surface area contributed by atoms with Gasteiger partial charge in [0.2, 0.25) is 23.6 Å². The van der Waals surface area contributed by atoms with Crippen LogP contribution < -0.4 is 22.5 Å². The first-order chi connectivity index (χ1) is 23.6. The highest BCUT2D eigenvalue weighted by Crippen LogP contribution is 2.12. The van der Waals surface area contributed by atoms with Gasteiger partial charge in [-0.2, -0.15) is 12.6 Å². The number of unbranched alkanes of at least 4 members (excludes halogenated alkanes) is 8. The zero-order valence-corrected chi connectivity index (χ0v) is 31.2. The van der Waals surface area contributed by atoms with Crippen LogP contribution in [0, 0.1) is 0 Å². The average molecular weight is 714 g/mol. The molecule has 13 nitrogen and oxygen atoms in total. The predicted octanol–water partition coefficient (Wildman–Crippen LogP) is 2.18. The van der Waals surface area contributed by atoms with Crippen LogP contribution in [-0.4, -0.2) is 121 Å². The molecule has 0 saturated carbocycles. The molecule has 0 aromatic rings. The number of amides is 4. The average Bonchev–Trinajstić information content (AvgIpc) is 3.06. The van der Waals surface area contributed by atoms with Gasteiger partial charge in [0.05, 0.1) is 19.6 Å². The molecule has 284 valence electrons. The summed E-state index contributed by atoms with van der Waals surface area (Å²) in [6, 6.07) is 0. The van der Waals surface area contributed by atoms with Crippen LogP contribution in [0.4, 0.5) is 0 Å². The molecular formula is C35H67N7O6S. The van der Waals surface area contributed by atoms with Crippen LogP contribution in [-0.2, 0) is 28.8 Å². The van der Waals surface area contributed by atoms with E-state index in [0.29, 0.717) is 109 Å². The van der Waals surface area contributed by atoms with Gasteiger partial charge in [0, 0.05) is 51.9 Å². The van der Waals surface area contributed by atoms with Gasteiger partial charge in [-0.1, -0.05) is 19.3 Å². The maximum Gasteiger partial charge on any atom is 0.242 e. The minimum atomic E-state index is -0.312. The van der Waals surface area contributed by atoms with Crippen molar-refractivity contribution in [2.24, 2.45) is 17.2 Å². The molecule has 0 atom stereocenters. The predicted molar refractivity (Wildman–Crippen MR) is 198 cm³/mol. The molecule has 0 saturated heterocycles. The number of hydrogen-bond acceptors (Lipinski definition) is 10. The number of nitrogens with zero attached hydrogens (tertiary/aromatic N) is 3. The van der Waals surface area contributed by atoms with Crippen molar-refractivity contribution in [3.8, 4) is 0 Å². The lowest BCUT2D eigenvalue weighted by molar-refractivity contribution is -0.145. The van der Waals surface area contributed by atoms with Crippen LogP contribution in [0.2, 0.25) is 0 Å². The number of nitrogens with two attached hydrogens (primary N) is 3. The minimum Gasteiger partial charge on any atom is -0.356 e. The van der Waals surface area contributed by atoms with E-state index in [0.717, 1.165) is 51.4 Å². The van der Waals surface area contributed by atoms with Gasteiger partial charge in [-0.15, -0.1) is 0 Å². The van der Waals surface area contributed by atoms with Crippen LogP contribution in [0.25, 0.3) is 0 Å². The Hall–Kier alpha value is -2.55. The Labute approximate surface area is 300 Å². The molecule has 0 fully saturated rings. The first-order valence-electron chi connectivity index (χ1n) is 18.4. The molecule has 0 aromatic heterocycles. The van der Waals surface area contributed by atoms with Gasteiger partial charge in [0.1, 0.15) is 11.6 Å². The quantitative estimate of drug-likeness (QED) is 0.0499. The molecule has 0 heterocycles. The number of ketones is 2. The van der Waals surface area contributed by atoms with Crippen molar-refractivity contribution < 1.29 is 28.8 Å². The molecule has 0 radical (unpaired) electrons.